The zero-order valence-electron chi connectivity index (χ0n) is 11.9. The van der Waals surface area contributed by atoms with Gasteiger partial charge in [0, 0.05) is 16.5 Å². The molecule has 2 N–H and O–H groups in total. The molecule has 0 bridgehead atoms. The molecule has 5 nitrogen and oxygen atoms in total. The molecule has 4 aromatic rings. The fourth-order valence-corrected chi connectivity index (χ4v) is 3.09. The second kappa shape index (κ2) is 5.23. The number of aromatic amines is 1. The maximum absolute atomic E-state index is 4.71. The Kier molecular flexibility index (Phi) is 3.08. The highest BCUT2D eigenvalue weighted by Gasteiger charge is 2.11. The standard InChI is InChI=1S/C16H13N5S/c1-10-6-7-14(22-10)16-20-13-5-3-2-4-12(13)15(21-16)19-11-8-17-18-9-11/h2-9H,1H3,(H,17,18)(H,19,20,21). The van der Waals surface area contributed by atoms with E-state index in [1.54, 1.807) is 23.7 Å². The summed E-state index contributed by atoms with van der Waals surface area (Å²) in [5, 5.41) is 11.0. The van der Waals surface area contributed by atoms with Crippen LogP contribution in [-0.4, -0.2) is 20.2 Å². The van der Waals surface area contributed by atoms with E-state index in [2.05, 4.69) is 39.6 Å². The molecule has 0 fully saturated rings. The number of rotatable bonds is 3. The number of aryl methyl sites for hydroxylation is 1. The number of anilines is 2. The second-order valence-electron chi connectivity index (χ2n) is 4.94. The number of hydrogen-bond donors (Lipinski definition) is 2. The van der Waals surface area contributed by atoms with Crippen molar-refractivity contribution in [2.75, 3.05) is 5.32 Å². The maximum Gasteiger partial charge on any atom is 0.172 e. The molecule has 6 heteroatoms. The molecule has 0 radical (unpaired) electrons. The lowest BCUT2D eigenvalue weighted by Crippen LogP contribution is -1.98. The number of thiophene rings is 1. The predicted molar refractivity (Wildman–Crippen MR) is 89.5 cm³/mol. The Morgan fingerprint density at radius 3 is 2.77 bits per heavy atom. The van der Waals surface area contributed by atoms with E-state index in [-0.39, 0.29) is 0 Å². The van der Waals surface area contributed by atoms with E-state index in [0.717, 1.165) is 33.1 Å². The van der Waals surface area contributed by atoms with E-state index in [1.165, 1.54) is 4.88 Å². The van der Waals surface area contributed by atoms with Gasteiger partial charge in [-0.1, -0.05) is 12.1 Å². The van der Waals surface area contributed by atoms with Crippen molar-refractivity contribution in [1.29, 1.82) is 0 Å². The van der Waals surface area contributed by atoms with E-state index >= 15 is 0 Å². The summed E-state index contributed by atoms with van der Waals surface area (Å²) < 4.78 is 0. The molecule has 0 amide bonds. The molecule has 4 rings (SSSR count). The molecule has 0 aliphatic carbocycles. The summed E-state index contributed by atoms with van der Waals surface area (Å²) in [4.78, 5) is 11.7. The molecule has 1 aromatic carbocycles. The van der Waals surface area contributed by atoms with Crippen molar-refractivity contribution in [1.82, 2.24) is 20.2 Å². The first kappa shape index (κ1) is 13.0. The average molecular weight is 307 g/mol. The van der Waals surface area contributed by atoms with Crippen molar-refractivity contribution < 1.29 is 0 Å². The minimum Gasteiger partial charge on any atom is -0.337 e. The summed E-state index contributed by atoms with van der Waals surface area (Å²) in [6.07, 6.45) is 3.53. The van der Waals surface area contributed by atoms with E-state index in [9.17, 15) is 0 Å². The summed E-state index contributed by atoms with van der Waals surface area (Å²) >= 11 is 1.69. The zero-order valence-corrected chi connectivity index (χ0v) is 12.7. The van der Waals surface area contributed by atoms with Gasteiger partial charge in [-0.2, -0.15) is 5.10 Å². The molecule has 0 saturated heterocycles. The minimum atomic E-state index is 0.739. The highest BCUT2D eigenvalue weighted by molar-refractivity contribution is 7.15. The second-order valence-corrected chi connectivity index (χ2v) is 6.22. The summed E-state index contributed by atoms with van der Waals surface area (Å²) in [5.74, 6) is 1.52. The normalized spacial score (nSPS) is 11.0. The van der Waals surface area contributed by atoms with Crippen LogP contribution in [0.4, 0.5) is 11.5 Å². The predicted octanol–water partition coefficient (Wildman–Crippen LogP) is 4.13. The Morgan fingerprint density at radius 1 is 1.09 bits per heavy atom. The molecule has 0 atom stereocenters. The molecular formula is C16H13N5S. The minimum absolute atomic E-state index is 0.739. The van der Waals surface area contributed by atoms with Gasteiger partial charge in [0.2, 0.25) is 0 Å². The molecule has 22 heavy (non-hydrogen) atoms. The van der Waals surface area contributed by atoms with Crippen molar-refractivity contribution in [3.05, 3.63) is 53.7 Å². The van der Waals surface area contributed by atoms with Crippen molar-refractivity contribution in [2.24, 2.45) is 0 Å². The number of benzene rings is 1. The van der Waals surface area contributed by atoms with Gasteiger partial charge < -0.3 is 5.32 Å². The van der Waals surface area contributed by atoms with Gasteiger partial charge in [-0.15, -0.1) is 11.3 Å². The van der Waals surface area contributed by atoms with Gasteiger partial charge >= 0.3 is 0 Å². The molecule has 0 unspecified atom stereocenters. The monoisotopic (exact) mass is 307 g/mol. The van der Waals surface area contributed by atoms with Crippen LogP contribution in [0.2, 0.25) is 0 Å². The fourth-order valence-electron chi connectivity index (χ4n) is 2.29. The molecular weight excluding hydrogens is 294 g/mol. The number of aromatic nitrogens is 4. The average Bonchev–Trinajstić information content (AvgIpc) is 3.19. The third-order valence-corrected chi connectivity index (χ3v) is 4.32. The van der Waals surface area contributed by atoms with Crippen LogP contribution in [0.1, 0.15) is 4.88 Å². The van der Waals surface area contributed by atoms with Crippen molar-refractivity contribution in [3.63, 3.8) is 0 Å². The molecule has 3 aromatic heterocycles. The smallest absolute Gasteiger partial charge is 0.172 e. The van der Waals surface area contributed by atoms with Gasteiger partial charge in [-0.3, -0.25) is 5.10 Å². The van der Waals surface area contributed by atoms with Gasteiger partial charge in [0.15, 0.2) is 5.82 Å². The van der Waals surface area contributed by atoms with Gasteiger partial charge in [-0.25, -0.2) is 9.97 Å². The Labute approximate surface area is 131 Å². The van der Waals surface area contributed by atoms with Crippen molar-refractivity contribution in [3.8, 4) is 10.7 Å². The van der Waals surface area contributed by atoms with Crippen LogP contribution in [0.25, 0.3) is 21.6 Å². The number of nitrogens with zero attached hydrogens (tertiary/aromatic N) is 3. The van der Waals surface area contributed by atoms with Gasteiger partial charge in [-0.05, 0) is 31.2 Å². The van der Waals surface area contributed by atoms with Crippen molar-refractivity contribution in [2.45, 2.75) is 6.92 Å². The molecule has 3 heterocycles. The van der Waals surface area contributed by atoms with Gasteiger partial charge in [0.25, 0.3) is 0 Å². The van der Waals surface area contributed by atoms with E-state index in [0.29, 0.717) is 0 Å². The Bertz CT molecular complexity index is 927. The van der Waals surface area contributed by atoms with E-state index in [4.69, 9.17) is 4.98 Å². The largest absolute Gasteiger partial charge is 0.337 e. The molecule has 0 aliphatic rings. The van der Waals surface area contributed by atoms with E-state index in [1.807, 2.05) is 24.3 Å². The number of para-hydroxylation sites is 1. The number of nitrogens with one attached hydrogen (secondary N) is 2. The van der Waals surface area contributed by atoms with Crippen molar-refractivity contribution >= 4 is 33.7 Å². The van der Waals surface area contributed by atoms with Crippen LogP contribution in [0.15, 0.2) is 48.8 Å². The highest BCUT2D eigenvalue weighted by atomic mass is 32.1. The molecule has 0 saturated carbocycles. The van der Waals surface area contributed by atoms with Crippen LogP contribution < -0.4 is 5.32 Å². The van der Waals surface area contributed by atoms with Crippen LogP contribution >= 0.6 is 11.3 Å². The lowest BCUT2D eigenvalue weighted by atomic mass is 10.2. The third kappa shape index (κ3) is 2.33. The van der Waals surface area contributed by atoms with Crippen LogP contribution in [0.3, 0.4) is 0 Å². The number of fused-ring (bicyclic) bond motifs is 1. The quantitative estimate of drug-likeness (QED) is 0.597. The van der Waals surface area contributed by atoms with Gasteiger partial charge in [0.05, 0.1) is 22.3 Å². The topological polar surface area (TPSA) is 66.5 Å². The summed E-state index contributed by atoms with van der Waals surface area (Å²) in [6, 6.07) is 12.1. The lowest BCUT2D eigenvalue weighted by molar-refractivity contribution is 1.09. The molecule has 108 valence electrons. The fraction of sp³-hybridized carbons (Fsp3) is 0.0625. The SMILES string of the molecule is Cc1ccc(-c2nc(Nc3cn[nH]c3)c3ccccc3n2)s1. The number of hydrogen-bond acceptors (Lipinski definition) is 5. The first-order chi connectivity index (χ1) is 10.8. The van der Waals surface area contributed by atoms with Crippen LogP contribution in [0, 0.1) is 6.92 Å². The maximum atomic E-state index is 4.71. The summed E-state index contributed by atoms with van der Waals surface area (Å²) in [6.45, 7) is 2.08. The zero-order chi connectivity index (χ0) is 14.9. The van der Waals surface area contributed by atoms with Crippen LogP contribution in [0.5, 0.6) is 0 Å². The first-order valence-electron chi connectivity index (χ1n) is 6.89. The summed E-state index contributed by atoms with van der Waals surface area (Å²) in [7, 11) is 0. The Morgan fingerprint density at radius 2 is 2.00 bits per heavy atom. The lowest BCUT2D eigenvalue weighted by Gasteiger charge is -2.08. The Hall–Kier alpha value is -2.73. The summed E-state index contributed by atoms with van der Waals surface area (Å²) in [5.41, 5.74) is 1.79. The van der Waals surface area contributed by atoms with Gasteiger partial charge in [0.1, 0.15) is 5.82 Å². The molecule has 0 aliphatic heterocycles. The highest BCUT2D eigenvalue weighted by Crippen LogP contribution is 2.30. The van der Waals surface area contributed by atoms with Crippen LogP contribution in [-0.2, 0) is 0 Å². The molecule has 0 spiro atoms. The first-order valence-corrected chi connectivity index (χ1v) is 7.71. The third-order valence-electron chi connectivity index (χ3n) is 3.32. The Balaban J connectivity index is 1.89. The van der Waals surface area contributed by atoms with E-state index < -0.39 is 0 Å². The number of H-pyrrole nitrogens is 1.